The fourth-order valence-electron chi connectivity index (χ4n) is 2.27. The Labute approximate surface area is 178 Å². The van der Waals surface area contributed by atoms with Gasteiger partial charge in [0.25, 0.3) is 0 Å². The summed E-state index contributed by atoms with van der Waals surface area (Å²) in [5, 5.41) is 24.5. The van der Waals surface area contributed by atoms with Crippen LogP contribution in [0.1, 0.15) is 33.6 Å². The van der Waals surface area contributed by atoms with Crippen LogP contribution in [-0.4, -0.2) is 75.6 Å². The zero-order valence-corrected chi connectivity index (χ0v) is 17.8. The van der Waals surface area contributed by atoms with Gasteiger partial charge in [-0.05, 0) is 12.8 Å². The summed E-state index contributed by atoms with van der Waals surface area (Å²) >= 11 is 3.77. The number of thiol groups is 1. The normalized spacial score (nSPS) is 14.7. The van der Waals surface area contributed by atoms with Crippen LogP contribution in [0.2, 0.25) is 0 Å². The number of amides is 3. The smallest absolute Gasteiger partial charge is 0.305 e. The number of nitrogens with two attached hydrogens (primary N) is 1. The Hall–Kier alpha value is -2.67. The maximum absolute atomic E-state index is 12.5. The molecule has 0 rings (SSSR count). The summed E-state index contributed by atoms with van der Waals surface area (Å²) in [5.74, 6) is -6.27. The quantitative estimate of drug-likeness (QED) is 0.154. The molecular weight excluding hydrogens is 420 g/mol. The molecule has 0 aromatic heterocycles. The lowest BCUT2D eigenvalue weighted by molar-refractivity contribution is -0.141. The number of carbonyl (C=O) groups is 6. The van der Waals surface area contributed by atoms with Crippen LogP contribution in [0.4, 0.5) is 0 Å². The van der Waals surface area contributed by atoms with Gasteiger partial charge in [-0.1, -0.05) is 13.8 Å². The average molecular weight is 448 g/mol. The first kappa shape index (κ1) is 27.3. The largest absolute Gasteiger partial charge is 0.481 e. The topological polar surface area (TPSA) is 205 Å². The van der Waals surface area contributed by atoms with Crippen LogP contribution in [0.5, 0.6) is 0 Å². The van der Waals surface area contributed by atoms with Crippen molar-refractivity contribution in [3.8, 4) is 0 Å². The van der Waals surface area contributed by atoms with E-state index in [-0.39, 0.29) is 5.75 Å². The van der Waals surface area contributed by atoms with E-state index in [1.165, 1.54) is 6.92 Å². The molecule has 0 fully saturated rings. The molecule has 30 heavy (non-hydrogen) atoms. The highest BCUT2D eigenvalue weighted by molar-refractivity contribution is 7.81. The Bertz CT molecular complexity index is 685. The first-order valence-electron chi connectivity index (χ1n) is 9.03. The molecule has 0 aromatic carbocycles. The van der Waals surface area contributed by atoms with Crippen LogP contribution in [0.3, 0.4) is 0 Å². The van der Waals surface area contributed by atoms with Gasteiger partial charge in [0.1, 0.15) is 12.1 Å². The molecule has 4 atom stereocenters. The fourth-order valence-corrected chi connectivity index (χ4v) is 2.49. The lowest BCUT2D eigenvalue weighted by Crippen LogP contribution is -2.58. The molecule has 0 radical (unpaired) electrons. The van der Waals surface area contributed by atoms with E-state index in [1.54, 1.807) is 13.8 Å². The van der Waals surface area contributed by atoms with E-state index in [4.69, 9.17) is 15.9 Å². The van der Waals surface area contributed by atoms with Gasteiger partial charge in [-0.15, -0.1) is 0 Å². The third kappa shape index (κ3) is 9.69. The Morgan fingerprint density at radius 2 is 1.37 bits per heavy atom. The maximum Gasteiger partial charge on any atom is 0.305 e. The number of rotatable bonds is 13. The Kier molecular flexibility index (Phi) is 11.7. The zero-order chi connectivity index (χ0) is 23.6. The molecule has 0 aliphatic heterocycles. The standard InChI is InChI=1S/C17H28N4O8S/c1-7(2)14(21-16(28)9(18)4-12(23)24)17(29)19-8(3)15(27)20-10(5-13(25)26)11(22)6-30/h7-10,14,30H,4-6,18H2,1-3H3,(H,19,29)(H,20,27)(H,21,28)(H,23,24)(H,25,26)/t8-,9-,10-,14-/m0/s1. The summed E-state index contributed by atoms with van der Waals surface area (Å²) < 4.78 is 0. The predicted octanol–water partition coefficient (Wildman–Crippen LogP) is -2.11. The van der Waals surface area contributed by atoms with Gasteiger partial charge in [0.15, 0.2) is 5.78 Å². The number of carboxylic acids is 2. The SMILES string of the molecule is CC(C)[C@H](NC(=O)[C@@H](N)CC(=O)O)C(=O)N[C@@H](C)C(=O)N[C@@H](CC(=O)O)C(=O)CS. The van der Waals surface area contributed by atoms with Crippen LogP contribution < -0.4 is 21.7 Å². The molecule has 0 saturated heterocycles. The number of carboxylic acid groups (broad SMARTS) is 2. The van der Waals surface area contributed by atoms with E-state index < -0.39 is 78.4 Å². The summed E-state index contributed by atoms with van der Waals surface area (Å²) in [6.07, 6.45) is -1.26. The number of hydrogen-bond donors (Lipinski definition) is 7. The van der Waals surface area contributed by atoms with E-state index in [2.05, 4.69) is 28.6 Å². The second kappa shape index (κ2) is 12.8. The van der Waals surface area contributed by atoms with Crippen LogP contribution in [0.25, 0.3) is 0 Å². The van der Waals surface area contributed by atoms with E-state index in [9.17, 15) is 28.8 Å². The first-order valence-corrected chi connectivity index (χ1v) is 9.67. The summed E-state index contributed by atoms with van der Waals surface area (Å²) in [5.41, 5.74) is 5.48. The lowest BCUT2D eigenvalue weighted by Gasteiger charge is -2.25. The molecule has 0 unspecified atom stereocenters. The van der Waals surface area contributed by atoms with Crippen molar-refractivity contribution in [2.75, 3.05) is 5.75 Å². The molecule has 0 bridgehead atoms. The van der Waals surface area contributed by atoms with Crippen LogP contribution in [0.15, 0.2) is 0 Å². The van der Waals surface area contributed by atoms with Gasteiger partial charge in [-0.2, -0.15) is 12.6 Å². The minimum absolute atomic E-state index is 0.281. The van der Waals surface area contributed by atoms with Crippen LogP contribution in [0, 0.1) is 5.92 Å². The van der Waals surface area contributed by atoms with Gasteiger partial charge >= 0.3 is 11.9 Å². The van der Waals surface area contributed by atoms with Crippen LogP contribution >= 0.6 is 12.6 Å². The molecule has 13 heteroatoms. The molecule has 0 saturated carbocycles. The minimum atomic E-state index is -1.36. The second-order valence-corrected chi connectivity index (χ2v) is 7.26. The highest BCUT2D eigenvalue weighted by Gasteiger charge is 2.30. The van der Waals surface area contributed by atoms with Gasteiger partial charge in [0.05, 0.1) is 30.7 Å². The number of Topliss-reactive ketones (excluding diaryl/α,β-unsaturated/α-hetero) is 1. The van der Waals surface area contributed by atoms with E-state index in [1.807, 2.05) is 0 Å². The summed E-state index contributed by atoms with van der Waals surface area (Å²) in [4.78, 5) is 70.0. The molecule has 0 aliphatic carbocycles. The molecule has 0 aromatic rings. The summed E-state index contributed by atoms with van der Waals surface area (Å²) in [6.45, 7) is 4.55. The third-order valence-electron chi connectivity index (χ3n) is 3.97. The van der Waals surface area contributed by atoms with Gasteiger partial charge < -0.3 is 31.9 Å². The van der Waals surface area contributed by atoms with E-state index in [0.717, 1.165) is 0 Å². The fraction of sp³-hybridized carbons (Fsp3) is 0.647. The van der Waals surface area contributed by atoms with Crippen molar-refractivity contribution in [2.24, 2.45) is 11.7 Å². The number of carbonyl (C=O) groups excluding carboxylic acids is 4. The summed E-state index contributed by atoms with van der Waals surface area (Å²) in [7, 11) is 0. The first-order chi connectivity index (χ1) is 13.8. The molecule has 0 heterocycles. The minimum Gasteiger partial charge on any atom is -0.481 e. The van der Waals surface area contributed by atoms with Crippen LogP contribution in [-0.2, 0) is 28.8 Å². The predicted molar refractivity (Wildman–Crippen MR) is 108 cm³/mol. The Morgan fingerprint density at radius 1 is 0.833 bits per heavy atom. The molecular formula is C17H28N4O8S. The van der Waals surface area contributed by atoms with Crippen molar-refractivity contribution >= 4 is 48.1 Å². The van der Waals surface area contributed by atoms with Crippen molar-refractivity contribution in [1.82, 2.24) is 16.0 Å². The maximum atomic E-state index is 12.5. The van der Waals surface area contributed by atoms with E-state index in [0.29, 0.717) is 0 Å². The highest BCUT2D eigenvalue weighted by atomic mass is 32.1. The van der Waals surface area contributed by atoms with Crippen molar-refractivity contribution in [3.05, 3.63) is 0 Å². The lowest BCUT2D eigenvalue weighted by atomic mass is 10.0. The van der Waals surface area contributed by atoms with Crippen molar-refractivity contribution in [1.29, 1.82) is 0 Å². The van der Waals surface area contributed by atoms with Crippen molar-refractivity contribution in [3.63, 3.8) is 0 Å². The molecule has 170 valence electrons. The summed E-state index contributed by atoms with van der Waals surface area (Å²) in [6, 6.07) is -4.93. The van der Waals surface area contributed by atoms with Gasteiger partial charge in [0, 0.05) is 0 Å². The molecule has 0 spiro atoms. The third-order valence-corrected chi connectivity index (χ3v) is 4.28. The number of ketones is 1. The van der Waals surface area contributed by atoms with E-state index >= 15 is 0 Å². The number of aliphatic carboxylic acids is 2. The molecule has 12 nitrogen and oxygen atoms in total. The molecule has 7 N–H and O–H groups in total. The molecule has 3 amide bonds. The highest BCUT2D eigenvalue weighted by Crippen LogP contribution is 2.04. The van der Waals surface area contributed by atoms with Gasteiger partial charge in [0.2, 0.25) is 17.7 Å². The number of hydrogen-bond acceptors (Lipinski definition) is 8. The Morgan fingerprint density at radius 3 is 1.80 bits per heavy atom. The average Bonchev–Trinajstić information content (AvgIpc) is 2.62. The van der Waals surface area contributed by atoms with Crippen molar-refractivity contribution in [2.45, 2.75) is 57.8 Å². The number of nitrogens with one attached hydrogen (secondary N) is 3. The van der Waals surface area contributed by atoms with Gasteiger partial charge in [-0.25, -0.2) is 0 Å². The van der Waals surface area contributed by atoms with Gasteiger partial charge in [-0.3, -0.25) is 28.8 Å². The van der Waals surface area contributed by atoms with Crippen molar-refractivity contribution < 1.29 is 39.0 Å². The molecule has 0 aliphatic rings. The second-order valence-electron chi connectivity index (χ2n) is 6.95. The monoisotopic (exact) mass is 448 g/mol. The Balaban J connectivity index is 5.08. The zero-order valence-electron chi connectivity index (χ0n) is 16.9.